The van der Waals surface area contributed by atoms with Gasteiger partial charge in [0.1, 0.15) is 0 Å². The van der Waals surface area contributed by atoms with Crippen molar-refractivity contribution in [2.45, 2.75) is 26.3 Å². The summed E-state index contributed by atoms with van der Waals surface area (Å²) in [5.41, 5.74) is 10.3. The Morgan fingerprint density at radius 1 is 1.05 bits per heavy atom. The number of benzene rings is 2. The van der Waals surface area contributed by atoms with Crippen LogP contribution in [-0.4, -0.2) is 12.5 Å². The van der Waals surface area contributed by atoms with E-state index in [0.29, 0.717) is 6.54 Å². The molecule has 0 heterocycles. The average molecular weight is 319 g/mol. The number of rotatable bonds is 5. The van der Waals surface area contributed by atoms with Crippen molar-refractivity contribution >= 4 is 18.3 Å². The lowest BCUT2D eigenvalue weighted by Crippen LogP contribution is -2.23. The molecule has 0 aromatic heterocycles. The van der Waals surface area contributed by atoms with Crippen molar-refractivity contribution in [2.75, 3.05) is 6.54 Å². The van der Waals surface area contributed by atoms with Crippen molar-refractivity contribution in [3.8, 4) is 11.1 Å². The Balaban J connectivity index is 0.00000242. The van der Waals surface area contributed by atoms with Crippen LogP contribution in [0.4, 0.5) is 0 Å². The highest BCUT2D eigenvalue weighted by Crippen LogP contribution is 2.22. The first-order chi connectivity index (χ1) is 10.1. The van der Waals surface area contributed by atoms with Gasteiger partial charge in [0.2, 0.25) is 5.91 Å². The minimum absolute atomic E-state index is 0. The maximum Gasteiger partial charge on any atom is 0.217 e. The zero-order chi connectivity index (χ0) is 15.2. The first-order valence-corrected chi connectivity index (χ1v) is 7.26. The highest BCUT2D eigenvalue weighted by Gasteiger charge is 2.06. The molecule has 1 atom stereocenters. The highest BCUT2D eigenvalue weighted by molar-refractivity contribution is 5.85. The molecule has 0 spiro atoms. The summed E-state index contributed by atoms with van der Waals surface area (Å²) in [6, 6.07) is 16.8. The lowest BCUT2D eigenvalue weighted by molar-refractivity contribution is -0.119. The highest BCUT2D eigenvalue weighted by atomic mass is 35.5. The predicted molar refractivity (Wildman–Crippen MR) is 94.1 cm³/mol. The fraction of sp³-hybridized carbons (Fsp3) is 0.278. The van der Waals surface area contributed by atoms with E-state index < -0.39 is 0 Å². The van der Waals surface area contributed by atoms with Crippen molar-refractivity contribution in [3.05, 3.63) is 59.7 Å². The van der Waals surface area contributed by atoms with Gasteiger partial charge in [-0.1, -0.05) is 48.5 Å². The second kappa shape index (κ2) is 8.57. The molecule has 0 aliphatic heterocycles. The molecule has 0 aliphatic carbocycles. The fourth-order valence-corrected chi connectivity index (χ4v) is 2.38. The van der Waals surface area contributed by atoms with Gasteiger partial charge in [-0.05, 0) is 42.1 Å². The number of carbonyl (C=O) groups excluding carboxylic acids is 1. The second-order valence-corrected chi connectivity index (χ2v) is 5.28. The zero-order valence-corrected chi connectivity index (χ0v) is 13.8. The molecule has 2 rings (SSSR count). The number of nitrogens with two attached hydrogens (primary N) is 1. The Morgan fingerprint density at radius 2 is 1.55 bits per heavy atom. The summed E-state index contributed by atoms with van der Waals surface area (Å²) in [7, 11) is 0. The van der Waals surface area contributed by atoms with Crippen LogP contribution < -0.4 is 11.1 Å². The van der Waals surface area contributed by atoms with Crippen LogP contribution in [0.2, 0.25) is 0 Å². The summed E-state index contributed by atoms with van der Waals surface area (Å²) < 4.78 is 0. The molecule has 0 saturated carbocycles. The third-order valence-electron chi connectivity index (χ3n) is 3.55. The van der Waals surface area contributed by atoms with Gasteiger partial charge in [0.05, 0.1) is 6.04 Å². The van der Waals surface area contributed by atoms with Crippen LogP contribution in [0.5, 0.6) is 0 Å². The minimum Gasteiger partial charge on any atom is -0.350 e. The maximum atomic E-state index is 11.1. The molecule has 3 nitrogen and oxygen atoms in total. The van der Waals surface area contributed by atoms with E-state index >= 15 is 0 Å². The summed E-state index contributed by atoms with van der Waals surface area (Å²) in [5, 5.41) is 2.89. The van der Waals surface area contributed by atoms with Crippen LogP contribution >= 0.6 is 12.4 Å². The van der Waals surface area contributed by atoms with Crippen LogP contribution in [0.15, 0.2) is 48.5 Å². The first kappa shape index (κ1) is 18.2. The molecule has 0 aliphatic rings. The van der Waals surface area contributed by atoms with E-state index in [1.807, 2.05) is 6.92 Å². The molecule has 118 valence electrons. The molecule has 1 amide bonds. The van der Waals surface area contributed by atoms with Crippen LogP contribution in [-0.2, 0) is 11.2 Å². The number of nitrogens with one attached hydrogen (secondary N) is 1. The Labute approximate surface area is 138 Å². The molecule has 2 aromatic carbocycles. The molecular formula is C18H23ClN2O. The van der Waals surface area contributed by atoms with E-state index in [9.17, 15) is 4.79 Å². The molecule has 1 unspecified atom stereocenters. The van der Waals surface area contributed by atoms with Gasteiger partial charge in [0.25, 0.3) is 0 Å². The largest absolute Gasteiger partial charge is 0.350 e. The van der Waals surface area contributed by atoms with Gasteiger partial charge >= 0.3 is 0 Å². The maximum absolute atomic E-state index is 11.1. The lowest BCUT2D eigenvalue weighted by Gasteiger charge is -2.13. The minimum atomic E-state index is -0.0120. The Morgan fingerprint density at radius 3 is 2.00 bits per heavy atom. The molecule has 22 heavy (non-hydrogen) atoms. The number of halogens is 1. The van der Waals surface area contributed by atoms with E-state index in [2.05, 4.69) is 53.8 Å². The number of amides is 1. The van der Waals surface area contributed by atoms with E-state index in [-0.39, 0.29) is 24.4 Å². The quantitative estimate of drug-likeness (QED) is 0.887. The van der Waals surface area contributed by atoms with Crippen molar-refractivity contribution < 1.29 is 4.79 Å². The third-order valence-corrected chi connectivity index (χ3v) is 3.55. The summed E-state index contributed by atoms with van der Waals surface area (Å²) in [5.74, 6) is -0.0120. The first-order valence-electron chi connectivity index (χ1n) is 7.26. The Hall–Kier alpha value is -1.84. The Kier molecular flexibility index (Phi) is 7.09. The number of hydrogen-bond donors (Lipinski definition) is 2. The van der Waals surface area contributed by atoms with Crippen molar-refractivity contribution in [1.29, 1.82) is 0 Å². The van der Waals surface area contributed by atoms with Crippen LogP contribution in [0.25, 0.3) is 11.1 Å². The van der Waals surface area contributed by atoms with E-state index in [4.69, 9.17) is 5.73 Å². The SMILES string of the molecule is CC(=O)NC(C)c1ccc(-c2ccc(CCN)cc2)cc1.Cl. The molecule has 3 N–H and O–H groups in total. The summed E-state index contributed by atoms with van der Waals surface area (Å²) in [4.78, 5) is 11.1. The van der Waals surface area contributed by atoms with Gasteiger partial charge in [0.15, 0.2) is 0 Å². The standard InChI is InChI=1S/C18H22N2O.ClH/c1-13(20-14(2)21)16-7-9-18(10-8-16)17-5-3-15(4-6-17)11-12-19;/h3-10,13H,11-12,19H2,1-2H3,(H,20,21);1H. The van der Waals surface area contributed by atoms with Crippen molar-refractivity contribution in [3.63, 3.8) is 0 Å². The van der Waals surface area contributed by atoms with Gasteiger partial charge < -0.3 is 11.1 Å². The summed E-state index contributed by atoms with van der Waals surface area (Å²) in [6.07, 6.45) is 0.910. The molecular weight excluding hydrogens is 296 g/mol. The average Bonchev–Trinajstić information content (AvgIpc) is 2.48. The smallest absolute Gasteiger partial charge is 0.217 e. The van der Waals surface area contributed by atoms with Crippen LogP contribution in [0.3, 0.4) is 0 Å². The number of hydrogen-bond acceptors (Lipinski definition) is 2. The molecule has 0 bridgehead atoms. The second-order valence-electron chi connectivity index (χ2n) is 5.28. The summed E-state index contributed by atoms with van der Waals surface area (Å²) in [6.45, 7) is 4.20. The van der Waals surface area contributed by atoms with E-state index in [1.54, 1.807) is 0 Å². The van der Waals surface area contributed by atoms with Crippen LogP contribution in [0.1, 0.15) is 31.0 Å². The van der Waals surface area contributed by atoms with Gasteiger partial charge in [-0.3, -0.25) is 4.79 Å². The topological polar surface area (TPSA) is 55.1 Å². The van der Waals surface area contributed by atoms with Gasteiger partial charge in [-0.15, -0.1) is 12.4 Å². The molecule has 0 fully saturated rings. The van der Waals surface area contributed by atoms with Gasteiger partial charge in [-0.25, -0.2) is 0 Å². The third kappa shape index (κ3) is 4.86. The normalized spacial score (nSPS) is 11.4. The van der Waals surface area contributed by atoms with E-state index in [1.165, 1.54) is 23.6 Å². The summed E-state index contributed by atoms with van der Waals surface area (Å²) >= 11 is 0. The monoisotopic (exact) mass is 318 g/mol. The predicted octanol–water partition coefficient (Wildman–Crippen LogP) is 3.47. The van der Waals surface area contributed by atoms with E-state index in [0.717, 1.165) is 12.0 Å². The zero-order valence-electron chi connectivity index (χ0n) is 13.0. The molecule has 0 saturated heterocycles. The van der Waals surface area contributed by atoms with Crippen molar-refractivity contribution in [2.24, 2.45) is 5.73 Å². The number of carbonyl (C=O) groups is 1. The molecule has 4 heteroatoms. The van der Waals surface area contributed by atoms with Crippen LogP contribution in [0, 0.1) is 0 Å². The van der Waals surface area contributed by atoms with Gasteiger partial charge in [0, 0.05) is 6.92 Å². The van der Waals surface area contributed by atoms with Crippen molar-refractivity contribution in [1.82, 2.24) is 5.32 Å². The Bertz CT molecular complexity index is 593. The fourth-order valence-electron chi connectivity index (χ4n) is 2.38. The molecule has 2 aromatic rings. The molecule has 0 radical (unpaired) electrons. The van der Waals surface area contributed by atoms with Gasteiger partial charge in [-0.2, -0.15) is 0 Å². The lowest BCUT2D eigenvalue weighted by atomic mass is 10.00.